The minimum absolute atomic E-state index is 0.00865. The van der Waals surface area contributed by atoms with E-state index in [0.717, 1.165) is 0 Å². The van der Waals surface area contributed by atoms with E-state index in [2.05, 4.69) is 84.4 Å². The number of aliphatic imine (C=N–C) groups is 1. The van der Waals surface area contributed by atoms with E-state index in [1.165, 1.54) is 13.8 Å². The Kier molecular flexibility index (Phi) is 48.7. The third-order valence-electron chi connectivity index (χ3n) is 20.7. The summed E-state index contributed by atoms with van der Waals surface area (Å²) in [6, 6.07) is -13.1. The van der Waals surface area contributed by atoms with Crippen LogP contribution in [0.5, 0.6) is 0 Å². The summed E-state index contributed by atoms with van der Waals surface area (Å²) in [5.41, 5.74) is 46.1. The van der Waals surface area contributed by atoms with Gasteiger partial charge in [-0.2, -0.15) is 0 Å². The number of H-pyrrole nitrogens is 1. The maximum Gasteiger partial charge on any atom is 0.245 e. The Morgan fingerprint density at radius 1 is 0.408 bits per heavy atom. The van der Waals surface area contributed by atoms with Gasteiger partial charge in [-0.3, -0.25) is 91.3 Å². The monoisotopic (exact) mass is 1770 g/mol. The Bertz CT molecular complexity index is 4000. The molecule has 43 heteroatoms. The number of aliphatic hydroxyl groups is 1. The lowest BCUT2D eigenvalue weighted by atomic mass is 9.97. The van der Waals surface area contributed by atoms with Gasteiger partial charge in [-0.1, -0.05) is 114 Å². The summed E-state index contributed by atoms with van der Waals surface area (Å²) in [6.07, 6.45) is -1.34. The van der Waals surface area contributed by atoms with Crippen molar-refractivity contribution >= 4 is 123 Å². The summed E-state index contributed by atoms with van der Waals surface area (Å²) in [4.78, 5) is 255. The predicted octanol–water partition coefficient (Wildman–Crippen LogP) is -4.79. The first-order valence-electron chi connectivity index (χ1n) is 42.7. The maximum absolute atomic E-state index is 14.7. The number of aromatic amines is 1. The Balaban J connectivity index is 2.52. The van der Waals surface area contributed by atoms with Gasteiger partial charge in [-0.25, -0.2) is 0 Å². The minimum Gasteiger partial charge on any atom is -0.391 e. The van der Waals surface area contributed by atoms with Gasteiger partial charge in [0.2, 0.25) is 106 Å². The molecule has 125 heavy (non-hydrogen) atoms. The summed E-state index contributed by atoms with van der Waals surface area (Å²) in [6.45, 7) is 22.3. The molecule has 0 fully saturated rings. The van der Waals surface area contributed by atoms with Crippen molar-refractivity contribution in [1.29, 1.82) is 0 Å². The number of aliphatic hydroxyl groups excluding tert-OH is 1. The Morgan fingerprint density at radius 3 is 1.26 bits per heavy atom. The molecule has 17 atom stereocenters. The Labute approximate surface area is 729 Å². The molecule has 0 saturated heterocycles. The average Bonchev–Trinajstić information content (AvgIpc) is 1.70. The standard InChI is InChI=1S/C82H140N24O19/c1-15-44(11)65(68(88)112)105-76(120)53(25-21-33-91-82(89)90)95-69(113)46(13)94-72(116)54(26-29-60(85)108)98-77(121)57(35-41(5)6)100-75(119)56(28-31-62(87)110)97-73(117)52(24-19-20-32-83)99-80(124)66(45(12)16-2)103-63(111)39-93-71(115)59(37-48-38-92-51-23-18-17-22-49(48)51)102-79(123)64(43(9)10)104-81(125)67(47(14)107)106-78(122)58(36-42(7)8)101-74(118)55(27-30-61(86)109)96-70(114)50(84)34-40(3)4/h17-18,22-23,38,40-47,50,52-59,64-67,92,107H,15-16,19-21,24-37,39,83-84H2,1-14H3,(H2,85,108)(H2,86,109)(H2,87,110)(H2,88,112)(H,93,115)(H,94,116)(H,95,113)(H,96,114)(H,97,117)(H,98,121)(H,99,124)(H,100,119)(H,101,118)(H,102,123)(H,103,111)(H,104,125)(H,105,120)(H,106,122)(H4,89,90,91)/t44-,45-,46-,47+,50-,52-,53-,54-,55-,56-,57-,58-,59-,64-,65-,66-,67-/m0/s1. The molecule has 0 radical (unpaired) electrons. The first-order chi connectivity index (χ1) is 58.5. The Morgan fingerprint density at radius 2 is 0.800 bits per heavy atom. The first kappa shape index (κ1) is 109. The second kappa shape index (κ2) is 55.6. The minimum atomic E-state index is -1.77. The molecule has 2 rings (SSSR count). The van der Waals surface area contributed by atoms with E-state index in [1.807, 2.05) is 13.8 Å². The number of guanidine groups is 1. The number of nitrogens with one attached hydrogen (secondary N) is 15. The van der Waals surface area contributed by atoms with Crippen LogP contribution in [-0.4, -0.2) is 233 Å². The van der Waals surface area contributed by atoms with Gasteiger partial charge in [0, 0.05) is 49.3 Å². The number of nitrogens with two attached hydrogens (primary N) is 8. The van der Waals surface area contributed by atoms with E-state index in [9.17, 15) is 91.4 Å². The smallest absolute Gasteiger partial charge is 0.245 e. The molecule has 0 aliphatic carbocycles. The van der Waals surface area contributed by atoms with Crippen molar-refractivity contribution in [2.24, 2.45) is 86.4 Å². The molecular formula is C82H140N24O19. The second-order valence-electron chi connectivity index (χ2n) is 33.4. The van der Waals surface area contributed by atoms with Crippen LogP contribution >= 0.6 is 0 Å². The highest BCUT2D eigenvalue weighted by atomic mass is 16.3. The number of hydrogen-bond acceptors (Lipinski definition) is 22. The fourth-order valence-electron chi connectivity index (χ4n) is 13.2. The third-order valence-corrected chi connectivity index (χ3v) is 20.7. The number of benzene rings is 1. The SMILES string of the molecule is CC[C@H](C)[C@H](NC(=O)[C@H](CCCN=C(N)N)NC(=O)[C@H](C)NC(=O)[C@H](CCC(N)=O)NC(=O)[C@H](CC(C)C)NC(=O)[C@H](CCC(N)=O)NC(=O)[C@H](CCCCN)NC(=O)[C@@H](NC(=O)CNC(=O)[C@H](Cc1c[nH]c2ccccc12)NC(=O)[C@@H](NC(=O)[C@@H](NC(=O)[C@H](CC(C)C)NC(=O)[C@H](CCC(N)=O)NC(=O)[C@@H](N)CC(C)C)[C@@H](C)O)C(C)C)[C@@H](C)CC)C(N)=O. The number of fused-ring (bicyclic) bond motifs is 1. The highest BCUT2D eigenvalue weighted by Crippen LogP contribution is 2.21. The van der Waals surface area contributed by atoms with E-state index >= 15 is 0 Å². The van der Waals surface area contributed by atoms with E-state index in [1.54, 1.807) is 99.7 Å². The van der Waals surface area contributed by atoms with Crippen LogP contribution in [0.2, 0.25) is 0 Å². The van der Waals surface area contributed by atoms with Crippen LogP contribution in [-0.2, 0) is 92.7 Å². The van der Waals surface area contributed by atoms with Crippen LogP contribution in [0.25, 0.3) is 10.9 Å². The van der Waals surface area contributed by atoms with Crippen molar-refractivity contribution in [2.75, 3.05) is 19.6 Å². The zero-order valence-corrected chi connectivity index (χ0v) is 74.5. The first-order valence-corrected chi connectivity index (χ1v) is 42.7. The molecule has 2 aromatic rings. The maximum atomic E-state index is 14.7. The van der Waals surface area contributed by atoms with Gasteiger partial charge in [0.05, 0.1) is 18.7 Å². The molecule has 0 bridgehead atoms. The fourth-order valence-corrected chi connectivity index (χ4v) is 13.2. The molecule has 32 N–H and O–H groups in total. The number of unbranched alkanes of at least 4 members (excludes halogenated alkanes) is 1. The average molecular weight is 1770 g/mol. The summed E-state index contributed by atoms with van der Waals surface area (Å²) in [5, 5.41) is 47.6. The van der Waals surface area contributed by atoms with Crippen molar-refractivity contribution in [1.82, 2.24) is 79.4 Å². The number of rotatable bonds is 60. The van der Waals surface area contributed by atoms with Crippen molar-refractivity contribution in [3.8, 4) is 0 Å². The highest BCUT2D eigenvalue weighted by Gasteiger charge is 2.40. The van der Waals surface area contributed by atoms with Crippen LogP contribution in [0.3, 0.4) is 0 Å². The van der Waals surface area contributed by atoms with Gasteiger partial charge in [-0.05, 0) is 138 Å². The van der Waals surface area contributed by atoms with Crippen molar-refractivity contribution in [3.63, 3.8) is 0 Å². The zero-order valence-electron chi connectivity index (χ0n) is 74.5. The van der Waals surface area contributed by atoms with Crippen LogP contribution in [0, 0.1) is 35.5 Å². The van der Waals surface area contributed by atoms with Crippen LogP contribution < -0.4 is 120 Å². The van der Waals surface area contributed by atoms with Gasteiger partial charge in [0.15, 0.2) is 5.96 Å². The molecule has 1 aromatic carbocycles. The van der Waals surface area contributed by atoms with Gasteiger partial charge in [0.25, 0.3) is 0 Å². The summed E-state index contributed by atoms with van der Waals surface area (Å²) in [7, 11) is 0. The number of primary amides is 4. The van der Waals surface area contributed by atoms with Crippen molar-refractivity contribution in [3.05, 3.63) is 36.0 Å². The van der Waals surface area contributed by atoms with Gasteiger partial charge in [0.1, 0.15) is 78.5 Å². The molecule has 0 spiro atoms. The lowest BCUT2D eigenvalue weighted by Crippen LogP contribution is -2.62. The molecule has 0 aliphatic heterocycles. The van der Waals surface area contributed by atoms with E-state index in [4.69, 9.17) is 45.9 Å². The molecule has 1 heterocycles. The number of nitrogens with zero attached hydrogens (tertiary/aromatic N) is 1. The number of hydrogen-bond donors (Lipinski definition) is 24. The molecule has 0 aliphatic rings. The molecule has 0 unspecified atom stereocenters. The lowest BCUT2D eigenvalue weighted by molar-refractivity contribution is -0.137. The number of carbonyl (C=O) groups is 18. The predicted molar refractivity (Wildman–Crippen MR) is 465 cm³/mol. The van der Waals surface area contributed by atoms with E-state index in [0.29, 0.717) is 29.3 Å². The second-order valence-corrected chi connectivity index (χ2v) is 33.4. The quantitative estimate of drug-likeness (QED) is 0.0168. The van der Waals surface area contributed by atoms with Gasteiger partial charge >= 0.3 is 0 Å². The number of aromatic nitrogens is 1. The number of amides is 18. The third kappa shape index (κ3) is 40.3. The number of para-hydroxylation sites is 1. The molecule has 43 nitrogen and oxygen atoms in total. The largest absolute Gasteiger partial charge is 0.391 e. The Hall–Kier alpha value is -11.6. The molecule has 1 aromatic heterocycles. The molecule has 702 valence electrons. The van der Waals surface area contributed by atoms with Gasteiger partial charge in [-0.15, -0.1) is 0 Å². The van der Waals surface area contributed by atoms with E-state index in [-0.39, 0.29) is 107 Å². The molecule has 0 saturated carbocycles. The normalized spacial score (nSPS) is 15.4. The van der Waals surface area contributed by atoms with Crippen molar-refractivity contribution < 1.29 is 91.4 Å². The topological polar surface area (TPSA) is 732 Å². The summed E-state index contributed by atoms with van der Waals surface area (Å²) < 4.78 is 0. The lowest BCUT2D eigenvalue weighted by Gasteiger charge is -2.30. The highest BCUT2D eigenvalue weighted by molar-refractivity contribution is 6.01. The molecule has 18 amide bonds. The molecular weight excluding hydrogens is 1630 g/mol. The zero-order chi connectivity index (χ0) is 94.8. The number of carbonyl (C=O) groups excluding carboxylic acids is 18. The summed E-state index contributed by atoms with van der Waals surface area (Å²) in [5.74, 6) is -19.1. The van der Waals surface area contributed by atoms with Crippen LogP contribution in [0.15, 0.2) is 35.5 Å². The van der Waals surface area contributed by atoms with Crippen LogP contribution in [0.1, 0.15) is 205 Å². The van der Waals surface area contributed by atoms with Crippen molar-refractivity contribution in [2.45, 2.75) is 297 Å². The van der Waals surface area contributed by atoms with Gasteiger partial charge < -0.3 is 130 Å². The fraction of sp³-hybridized carbons (Fsp3) is 0.671. The summed E-state index contributed by atoms with van der Waals surface area (Å²) >= 11 is 0. The van der Waals surface area contributed by atoms with Crippen LogP contribution in [0.4, 0.5) is 0 Å². The van der Waals surface area contributed by atoms with E-state index < -0.39 is 247 Å².